The molecule has 0 amide bonds. The van der Waals surface area contributed by atoms with Crippen molar-refractivity contribution in [2.45, 2.75) is 10.6 Å². The molecular formula is C20H15N3O2S2. The molecule has 0 aliphatic carbocycles. The van der Waals surface area contributed by atoms with Crippen LogP contribution in [0.4, 0.5) is 0 Å². The van der Waals surface area contributed by atoms with E-state index in [9.17, 15) is 15.2 Å². The number of nitrogens with zero attached hydrogens (tertiary/aromatic N) is 1. The Morgan fingerprint density at radius 1 is 1.11 bits per heavy atom. The van der Waals surface area contributed by atoms with Gasteiger partial charge in [-0.15, -0.1) is 11.8 Å². The summed E-state index contributed by atoms with van der Waals surface area (Å²) in [6.45, 7) is 0. The second-order valence-electron chi connectivity index (χ2n) is 5.60. The molecule has 27 heavy (non-hydrogen) atoms. The van der Waals surface area contributed by atoms with Crippen LogP contribution < -0.4 is 5.56 Å². The fourth-order valence-electron chi connectivity index (χ4n) is 2.48. The Labute approximate surface area is 165 Å². The van der Waals surface area contributed by atoms with Gasteiger partial charge in [0.1, 0.15) is 17.4 Å². The zero-order valence-corrected chi connectivity index (χ0v) is 15.7. The van der Waals surface area contributed by atoms with Gasteiger partial charge in [0.2, 0.25) is 0 Å². The lowest BCUT2D eigenvalue weighted by Crippen LogP contribution is -2.13. The molecule has 0 atom stereocenters. The fourth-order valence-corrected chi connectivity index (χ4v) is 3.64. The second kappa shape index (κ2) is 8.54. The highest BCUT2D eigenvalue weighted by Gasteiger charge is 2.06. The third-order valence-electron chi connectivity index (χ3n) is 3.82. The van der Waals surface area contributed by atoms with Crippen LogP contribution in [-0.2, 0) is 5.75 Å². The summed E-state index contributed by atoms with van der Waals surface area (Å²) < 4.78 is 0.169. The van der Waals surface area contributed by atoms with Crippen LogP contribution in [0.5, 0.6) is 5.75 Å². The number of aromatic amines is 2. The van der Waals surface area contributed by atoms with Crippen LogP contribution in [0.15, 0.2) is 58.2 Å². The third kappa shape index (κ3) is 4.56. The lowest BCUT2D eigenvalue weighted by atomic mass is 10.1. The molecule has 7 heteroatoms. The van der Waals surface area contributed by atoms with Gasteiger partial charge in [-0.2, -0.15) is 5.26 Å². The number of rotatable bonds is 5. The summed E-state index contributed by atoms with van der Waals surface area (Å²) in [5.74, 6) is 0.916. The van der Waals surface area contributed by atoms with Crippen molar-refractivity contribution in [1.82, 2.24) is 9.97 Å². The van der Waals surface area contributed by atoms with Gasteiger partial charge in [-0.3, -0.25) is 9.78 Å². The lowest BCUT2D eigenvalue weighted by molar-refractivity contribution is 0.462. The van der Waals surface area contributed by atoms with Gasteiger partial charge in [-0.1, -0.05) is 42.5 Å². The van der Waals surface area contributed by atoms with E-state index in [4.69, 9.17) is 12.2 Å². The van der Waals surface area contributed by atoms with Gasteiger partial charge in [-0.25, -0.2) is 0 Å². The Bertz CT molecular complexity index is 1160. The van der Waals surface area contributed by atoms with Crippen LogP contribution in [0.25, 0.3) is 12.2 Å². The molecule has 0 radical (unpaired) electrons. The number of aromatic nitrogens is 2. The number of H-pyrrole nitrogens is 2. The molecule has 5 nitrogen and oxygen atoms in total. The molecule has 0 aliphatic rings. The molecular weight excluding hydrogens is 378 g/mol. The number of aromatic hydroxyl groups is 1. The zero-order chi connectivity index (χ0) is 19.2. The minimum atomic E-state index is -0.510. The van der Waals surface area contributed by atoms with Crippen molar-refractivity contribution >= 4 is 36.1 Å². The number of phenols is 1. The maximum atomic E-state index is 11.8. The van der Waals surface area contributed by atoms with Gasteiger partial charge in [0.25, 0.3) is 5.56 Å². The van der Waals surface area contributed by atoms with Gasteiger partial charge in [0, 0.05) is 10.6 Å². The monoisotopic (exact) mass is 393 g/mol. The normalized spacial score (nSPS) is 10.8. The average molecular weight is 393 g/mol. The smallest absolute Gasteiger partial charge is 0.270 e. The first-order chi connectivity index (χ1) is 13.1. The summed E-state index contributed by atoms with van der Waals surface area (Å²) in [6, 6.07) is 16.9. The number of benzene rings is 2. The Balaban J connectivity index is 1.88. The van der Waals surface area contributed by atoms with Crippen molar-refractivity contribution in [3.63, 3.8) is 0 Å². The fraction of sp³-hybridized carbons (Fsp3) is 0.0500. The molecule has 0 saturated carbocycles. The Kier molecular flexibility index (Phi) is 5.91. The number of thioether (sulfide) groups is 1. The third-order valence-corrected chi connectivity index (χ3v) is 5.13. The van der Waals surface area contributed by atoms with Gasteiger partial charge >= 0.3 is 0 Å². The van der Waals surface area contributed by atoms with E-state index >= 15 is 0 Å². The van der Waals surface area contributed by atoms with E-state index in [-0.39, 0.29) is 16.1 Å². The van der Waals surface area contributed by atoms with Crippen molar-refractivity contribution in [1.29, 1.82) is 5.26 Å². The Hall–Kier alpha value is -3.08. The van der Waals surface area contributed by atoms with Crippen LogP contribution in [0.2, 0.25) is 0 Å². The van der Waals surface area contributed by atoms with Gasteiger partial charge < -0.3 is 10.1 Å². The van der Waals surface area contributed by atoms with E-state index in [0.717, 1.165) is 16.0 Å². The van der Waals surface area contributed by atoms with Gasteiger partial charge in [0.05, 0.1) is 5.69 Å². The highest BCUT2D eigenvalue weighted by Crippen LogP contribution is 2.31. The van der Waals surface area contributed by atoms with Crippen LogP contribution in [0.1, 0.15) is 22.4 Å². The summed E-state index contributed by atoms with van der Waals surface area (Å²) >= 11 is 6.51. The topological polar surface area (TPSA) is 92.7 Å². The standard InChI is InChI=1S/C20H15N3O2S2/c21-11-15-16(22-20(26)23-19(15)25)10-9-13-5-1-2-6-14(13)12-27-18-8-4-3-7-17(18)24/h1-10,24H,12H2,(H2,22,23,25,26). The first-order valence-corrected chi connectivity index (χ1v) is 9.41. The molecule has 2 aromatic carbocycles. The molecule has 1 heterocycles. The molecule has 0 aliphatic heterocycles. The highest BCUT2D eigenvalue weighted by molar-refractivity contribution is 7.98. The van der Waals surface area contributed by atoms with Crippen molar-refractivity contribution in [3.8, 4) is 11.8 Å². The number of phenolic OH excluding ortho intramolecular Hbond substituents is 1. The highest BCUT2D eigenvalue weighted by atomic mass is 32.2. The summed E-state index contributed by atoms with van der Waals surface area (Å²) in [7, 11) is 0. The summed E-state index contributed by atoms with van der Waals surface area (Å²) in [5, 5.41) is 19.1. The molecule has 3 rings (SSSR count). The van der Waals surface area contributed by atoms with Crippen LogP contribution in [0.3, 0.4) is 0 Å². The summed E-state index contributed by atoms with van der Waals surface area (Å²) in [6.07, 6.45) is 3.51. The quantitative estimate of drug-likeness (QED) is 0.439. The van der Waals surface area contributed by atoms with Gasteiger partial charge in [0.15, 0.2) is 4.77 Å². The van der Waals surface area contributed by atoms with Crippen molar-refractivity contribution in [2.75, 3.05) is 0 Å². The van der Waals surface area contributed by atoms with Crippen molar-refractivity contribution in [3.05, 3.63) is 86.0 Å². The van der Waals surface area contributed by atoms with E-state index < -0.39 is 5.56 Å². The molecule has 0 spiro atoms. The largest absolute Gasteiger partial charge is 0.507 e. The number of para-hydroxylation sites is 1. The summed E-state index contributed by atoms with van der Waals surface area (Å²) in [5.41, 5.74) is 1.85. The molecule has 0 saturated heterocycles. The number of hydrogen-bond donors (Lipinski definition) is 3. The van der Waals surface area contributed by atoms with E-state index in [0.29, 0.717) is 11.4 Å². The average Bonchev–Trinajstić information content (AvgIpc) is 2.66. The minimum Gasteiger partial charge on any atom is -0.507 e. The predicted octanol–water partition coefficient (Wildman–Crippen LogP) is 4.47. The van der Waals surface area contributed by atoms with Crippen LogP contribution >= 0.6 is 24.0 Å². The van der Waals surface area contributed by atoms with Crippen molar-refractivity contribution in [2.24, 2.45) is 0 Å². The molecule has 3 N–H and O–H groups in total. The number of nitriles is 1. The van der Waals surface area contributed by atoms with Crippen LogP contribution in [0, 0.1) is 16.1 Å². The Morgan fingerprint density at radius 2 is 1.85 bits per heavy atom. The predicted molar refractivity (Wildman–Crippen MR) is 110 cm³/mol. The molecule has 134 valence electrons. The molecule has 3 aromatic rings. The maximum absolute atomic E-state index is 11.8. The first kappa shape index (κ1) is 18.7. The zero-order valence-electron chi connectivity index (χ0n) is 14.1. The van der Waals surface area contributed by atoms with Crippen molar-refractivity contribution < 1.29 is 5.11 Å². The molecule has 0 fully saturated rings. The lowest BCUT2D eigenvalue weighted by Gasteiger charge is -2.07. The number of hydrogen-bond acceptors (Lipinski definition) is 5. The molecule has 1 aromatic heterocycles. The molecule has 0 bridgehead atoms. The van der Waals surface area contributed by atoms with E-state index in [1.807, 2.05) is 48.5 Å². The van der Waals surface area contributed by atoms with E-state index in [1.54, 1.807) is 18.2 Å². The number of nitrogens with one attached hydrogen (secondary N) is 2. The minimum absolute atomic E-state index is 0.0130. The SMILES string of the molecule is N#Cc1c(C=Cc2ccccc2CSc2ccccc2O)[nH]c(=S)[nH]c1=O. The van der Waals surface area contributed by atoms with Crippen LogP contribution in [-0.4, -0.2) is 15.1 Å². The van der Waals surface area contributed by atoms with E-state index in [1.165, 1.54) is 11.8 Å². The molecule has 0 unspecified atom stereocenters. The maximum Gasteiger partial charge on any atom is 0.270 e. The van der Waals surface area contributed by atoms with Gasteiger partial charge in [-0.05, 0) is 41.6 Å². The Morgan fingerprint density at radius 3 is 2.63 bits per heavy atom. The summed E-state index contributed by atoms with van der Waals surface area (Å²) in [4.78, 5) is 17.9. The first-order valence-electron chi connectivity index (χ1n) is 8.02. The van der Waals surface area contributed by atoms with E-state index in [2.05, 4.69) is 9.97 Å². The second-order valence-corrected chi connectivity index (χ2v) is 7.02.